The minimum absolute atomic E-state index is 0.634. The fourth-order valence-electron chi connectivity index (χ4n) is 2.31. The summed E-state index contributed by atoms with van der Waals surface area (Å²) in [7, 11) is 0. The molecule has 1 N–H and O–H groups in total. The molecule has 2 rings (SSSR count). The Morgan fingerprint density at radius 2 is 2.00 bits per heavy atom. The fourth-order valence-corrected chi connectivity index (χ4v) is 4.35. The van der Waals surface area contributed by atoms with E-state index in [2.05, 4.69) is 80.5 Å². The summed E-state index contributed by atoms with van der Waals surface area (Å²) in [5, 5.41) is 3.49. The van der Waals surface area contributed by atoms with Gasteiger partial charge in [0.05, 0.1) is 3.79 Å². The molecule has 0 saturated carbocycles. The van der Waals surface area contributed by atoms with Crippen LogP contribution in [0.5, 0.6) is 0 Å². The van der Waals surface area contributed by atoms with Crippen LogP contribution in [-0.2, 0) is 12.8 Å². The second-order valence-corrected chi connectivity index (χ2v) is 8.38. The maximum absolute atomic E-state index is 3.56. The van der Waals surface area contributed by atoms with Gasteiger partial charge < -0.3 is 5.32 Å². The minimum Gasteiger partial charge on any atom is -0.317 e. The van der Waals surface area contributed by atoms with Gasteiger partial charge >= 0.3 is 0 Å². The van der Waals surface area contributed by atoms with Gasteiger partial charge in [-0.25, -0.2) is 0 Å². The average Bonchev–Trinajstić information content (AvgIpc) is 2.81. The molecule has 2 aromatic rings. The lowest BCUT2D eigenvalue weighted by Crippen LogP contribution is -2.25. The van der Waals surface area contributed by atoms with E-state index in [1.54, 1.807) is 0 Å². The van der Waals surface area contributed by atoms with E-state index >= 15 is 0 Å². The van der Waals surface area contributed by atoms with Crippen molar-refractivity contribution in [1.82, 2.24) is 5.32 Å². The van der Waals surface area contributed by atoms with Crippen LogP contribution in [0.4, 0.5) is 0 Å². The van der Waals surface area contributed by atoms with E-state index < -0.39 is 0 Å². The zero-order valence-electron chi connectivity index (χ0n) is 11.5. The molecule has 0 aliphatic carbocycles. The van der Waals surface area contributed by atoms with Crippen LogP contribution in [0, 0.1) is 5.92 Å². The molecule has 0 radical (unpaired) electrons. The molecule has 1 nitrogen and oxygen atoms in total. The zero-order chi connectivity index (χ0) is 14.4. The summed E-state index contributed by atoms with van der Waals surface area (Å²) < 4.78 is 2.38. The molecule has 108 valence electrons. The van der Waals surface area contributed by atoms with Gasteiger partial charge in [0.25, 0.3) is 0 Å². The zero-order valence-corrected chi connectivity index (χ0v) is 15.5. The quantitative estimate of drug-likeness (QED) is 0.646. The number of benzene rings is 1. The summed E-state index contributed by atoms with van der Waals surface area (Å²) >= 11 is 8.95. The summed E-state index contributed by atoms with van der Waals surface area (Å²) in [5.41, 5.74) is 1.40. The van der Waals surface area contributed by atoms with Crippen molar-refractivity contribution in [3.8, 4) is 0 Å². The van der Waals surface area contributed by atoms with Gasteiger partial charge in [-0.3, -0.25) is 0 Å². The summed E-state index contributed by atoms with van der Waals surface area (Å²) in [4.78, 5) is 1.45. The van der Waals surface area contributed by atoms with E-state index in [0.29, 0.717) is 5.92 Å². The fraction of sp³-hybridized carbons (Fsp3) is 0.375. The second-order valence-electron chi connectivity index (χ2n) is 4.92. The van der Waals surface area contributed by atoms with Crippen molar-refractivity contribution in [3.05, 3.63) is 55.1 Å². The Morgan fingerprint density at radius 3 is 2.65 bits per heavy atom. The highest BCUT2D eigenvalue weighted by Crippen LogP contribution is 2.25. The van der Waals surface area contributed by atoms with Crippen molar-refractivity contribution >= 4 is 43.2 Å². The molecule has 0 amide bonds. The first-order valence-corrected chi connectivity index (χ1v) is 9.27. The van der Waals surface area contributed by atoms with E-state index in [-0.39, 0.29) is 0 Å². The average molecular weight is 417 g/mol. The molecule has 0 aliphatic heterocycles. The Kier molecular flexibility index (Phi) is 6.75. The van der Waals surface area contributed by atoms with Crippen LogP contribution in [0.3, 0.4) is 0 Å². The van der Waals surface area contributed by atoms with Gasteiger partial charge in [0, 0.05) is 9.35 Å². The number of nitrogens with one attached hydrogen (secondary N) is 1. The summed E-state index contributed by atoms with van der Waals surface area (Å²) in [6.07, 6.45) is 2.25. The Labute approximate surface area is 142 Å². The Bertz CT molecular complexity index is 539. The third-order valence-electron chi connectivity index (χ3n) is 3.22. The lowest BCUT2D eigenvalue weighted by molar-refractivity contribution is 0.481. The highest BCUT2D eigenvalue weighted by molar-refractivity contribution is 9.11. The highest BCUT2D eigenvalue weighted by Gasteiger charge is 2.12. The molecule has 1 atom stereocenters. The number of hydrogen-bond acceptors (Lipinski definition) is 2. The molecule has 20 heavy (non-hydrogen) atoms. The monoisotopic (exact) mass is 415 g/mol. The maximum atomic E-state index is 3.56. The van der Waals surface area contributed by atoms with E-state index in [9.17, 15) is 0 Å². The SMILES string of the molecule is CCNCC(Cc1cccc(Br)c1)Cc1ccc(Br)s1. The molecule has 1 unspecified atom stereocenters. The molecule has 4 heteroatoms. The van der Waals surface area contributed by atoms with Gasteiger partial charge in [-0.2, -0.15) is 0 Å². The minimum atomic E-state index is 0.634. The lowest BCUT2D eigenvalue weighted by Gasteiger charge is -2.17. The van der Waals surface area contributed by atoms with Crippen molar-refractivity contribution in [3.63, 3.8) is 0 Å². The molecule has 0 fully saturated rings. The van der Waals surface area contributed by atoms with Crippen LogP contribution in [0.2, 0.25) is 0 Å². The van der Waals surface area contributed by atoms with E-state index in [4.69, 9.17) is 0 Å². The normalized spacial score (nSPS) is 12.6. The van der Waals surface area contributed by atoms with Crippen LogP contribution < -0.4 is 5.32 Å². The van der Waals surface area contributed by atoms with E-state index in [1.807, 2.05) is 11.3 Å². The van der Waals surface area contributed by atoms with Gasteiger partial charge in [-0.1, -0.05) is 35.0 Å². The summed E-state index contributed by atoms with van der Waals surface area (Å²) in [6.45, 7) is 4.26. The van der Waals surface area contributed by atoms with Gasteiger partial charge in [-0.15, -0.1) is 11.3 Å². The van der Waals surface area contributed by atoms with Crippen molar-refractivity contribution in [2.24, 2.45) is 5.92 Å². The molecule has 0 saturated heterocycles. The van der Waals surface area contributed by atoms with Crippen molar-refractivity contribution in [2.45, 2.75) is 19.8 Å². The van der Waals surface area contributed by atoms with Crippen LogP contribution in [0.25, 0.3) is 0 Å². The predicted octanol–water partition coefficient (Wildman–Crippen LogP) is 5.28. The molecule has 1 aromatic heterocycles. The Hall–Kier alpha value is -0.160. The van der Waals surface area contributed by atoms with Crippen LogP contribution in [0.15, 0.2) is 44.7 Å². The largest absolute Gasteiger partial charge is 0.317 e. The number of halogens is 2. The lowest BCUT2D eigenvalue weighted by atomic mass is 9.95. The van der Waals surface area contributed by atoms with Gasteiger partial charge in [-0.05, 0) is 77.6 Å². The van der Waals surface area contributed by atoms with Gasteiger partial charge in [0.1, 0.15) is 0 Å². The molecule has 0 spiro atoms. The first-order valence-electron chi connectivity index (χ1n) is 6.86. The topological polar surface area (TPSA) is 12.0 Å². The summed E-state index contributed by atoms with van der Waals surface area (Å²) in [6, 6.07) is 13.0. The number of hydrogen-bond donors (Lipinski definition) is 1. The molecule has 0 aliphatic rings. The molecule has 1 heterocycles. The Morgan fingerprint density at radius 1 is 1.15 bits per heavy atom. The van der Waals surface area contributed by atoms with Crippen LogP contribution in [0.1, 0.15) is 17.4 Å². The molecular weight excluding hydrogens is 398 g/mol. The van der Waals surface area contributed by atoms with Crippen molar-refractivity contribution in [1.29, 1.82) is 0 Å². The predicted molar refractivity (Wildman–Crippen MR) is 95.6 cm³/mol. The molecular formula is C16H19Br2NS. The van der Waals surface area contributed by atoms with Crippen molar-refractivity contribution < 1.29 is 0 Å². The third-order valence-corrected chi connectivity index (χ3v) is 5.35. The van der Waals surface area contributed by atoms with Gasteiger partial charge in [0.2, 0.25) is 0 Å². The first-order chi connectivity index (χ1) is 9.67. The van der Waals surface area contributed by atoms with Crippen molar-refractivity contribution in [2.75, 3.05) is 13.1 Å². The third kappa shape index (κ3) is 5.32. The van der Waals surface area contributed by atoms with Crippen LogP contribution in [-0.4, -0.2) is 13.1 Å². The van der Waals surface area contributed by atoms with Gasteiger partial charge in [0.15, 0.2) is 0 Å². The maximum Gasteiger partial charge on any atom is 0.0701 e. The molecule has 1 aromatic carbocycles. The van der Waals surface area contributed by atoms with Crippen LogP contribution >= 0.6 is 43.2 Å². The van der Waals surface area contributed by atoms with E-state index in [0.717, 1.165) is 30.4 Å². The Balaban J connectivity index is 2.02. The second kappa shape index (κ2) is 8.32. The van der Waals surface area contributed by atoms with E-state index in [1.165, 1.54) is 14.2 Å². The highest BCUT2D eigenvalue weighted by atomic mass is 79.9. The first kappa shape index (κ1) is 16.2. The smallest absolute Gasteiger partial charge is 0.0701 e. The summed E-state index contributed by atoms with van der Waals surface area (Å²) in [5.74, 6) is 0.634. The molecule has 0 bridgehead atoms. The number of rotatable bonds is 7. The standard InChI is InChI=1S/C16H19Br2NS/c1-2-19-11-13(10-15-6-7-16(18)20-15)8-12-4-3-5-14(17)9-12/h3-7,9,13,19H,2,8,10-11H2,1H3. The number of thiophene rings is 1.